The molecule has 1 aliphatic rings. The van der Waals surface area contributed by atoms with Crippen LogP contribution in [-0.2, 0) is 16.1 Å². The monoisotopic (exact) mass is 429 g/mol. The van der Waals surface area contributed by atoms with Gasteiger partial charge >= 0.3 is 0 Å². The molecule has 1 aromatic heterocycles. The molecule has 162 valence electrons. The van der Waals surface area contributed by atoms with Crippen LogP contribution in [0.15, 0.2) is 89.6 Å². The number of rotatable bonds is 7. The fourth-order valence-electron chi connectivity index (χ4n) is 3.73. The Balaban J connectivity index is 1.78. The van der Waals surface area contributed by atoms with Crippen molar-refractivity contribution in [2.24, 2.45) is 0 Å². The molecule has 0 aliphatic carbocycles. The number of likely N-dealkylation sites (tertiary alicyclic amines) is 1. The van der Waals surface area contributed by atoms with Crippen LogP contribution in [0.3, 0.4) is 0 Å². The van der Waals surface area contributed by atoms with Crippen LogP contribution < -0.4 is 4.74 Å². The molecule has 1 saturated heterocycles. The van der Waals surface area contributed by atoms with Crippen LogP contribution in [0.4, 0.5) is 0 Å². The highest BCUT2D eigenvalue weighted by Gasteiger charge is 2.46. The van der Waals surface area contributed by atoms with Gasteiger partial charge in [-0.25, -0.2) is 0 Å². The number of Topliss-reactive ketones (excluding diaryl/α,β-unsaturated/α-hetero) is 1. The average molecular weight is 429 g/mol. The smallest absolute Gasteiger partial charge is 0.296 e. The first-order valence-corrected chi connectivity index (χ1v) is 10.2. The van der Waals surface area contributed by atoms with E-state index in [9.17, 15) is 14.7 Å². The first-order chi connectivity index (χ1) is 15.5. The summed E-state index contributed by atoms with van der Waals surface area (Å²) in [5.74, 6) is -0.486. The maximum atomic E-state index is 13.0. The SMILES string of the molecule is C=CCOc1ccc(C(O)=C2C(=O)C(=O)N(Cc3ccco3)[C@@H]2c2ccc(C)cc2)cc1. The molecule has 0 spiro atoms. The van der Waals surface area contributed by atoms with Crippen LogP contribution in [-0.4, -0.2) is 28.3 Å². The van der Waals surface area contributed by atoms with Gasteiger partial charge in [0.1, 0.15) is 23.9 Å². The Hall–Kier alpha value is -4.06. The second-order valence-corrected chi connectivity index (χ2v) is 7.54. The van der Waals surface area contributed by atoms with Crippen molar-refractivity contribution in [3.8, 4) is 5.75 Å². The minimum Gasteiger partial charge on any atom is -0.507 e. The number of aryl methyl sites for hydroxylation is 1. The summed E-state index contributed by atoms with van der Waals surface area (Å²) in [7, 11) is 0. The quantitative estimate of drug-likeness (QED) is 0.253. The zero-order valence-electron chi connectivity index (χ0n) is 17.7. The van der Waals surface area contributed by atoms with Crippen molar-refractivity contribution < 1.29 is 23.8 Å². The highest BCUT2D eigenvalue weighted by molar-refractivity contribution is 6.46. The summed E-state index contributed by atoms with van der Waals surface area (Å²) in [6.07, 6.45) is 3.15. The molecule has 2 aromatic carbocycles. The molecule has 0 saturated carbocycles. The lowest BCUT2D eigenvalue weighted by Crippen LogP contribution is -2.29. The van der Waals surface area contributed by atoms with Crippen LogP contribution in [0.2, 0.25) is 0 Å². The van der Waals surface area contributed by atoms with E-state index in [0.717, 1.165) is 11.1 Å². The Bertz CT molecular complexity index is 1160. The third kappa shape index (κ3) is 4.07. The molecule has 0 radical (unpaired) electrons. The Labute approximate surface area is 186 Å². The summed E-state index contributed by atoms with van der Waals surface area (Å²) >= 11 is 0. The number of aliphatic hydroxyl groups is 1. The number of amides is 1. The van der Waals surface area contributed by atoms with E-state index in [1.54, 1.807) is 42.5 Å². The van der Waals surface area contributed by atoms with E-state index in [2.05, 4.69) is 6.58 Å². The molecule has 2 heterocycles. The predicted molar refractivity (Wildman–Crippen MR) is 120 cm³/mol. The maximum absolute atomic E-state index is 13.0. The van der Waals surface area contributed by atoms with Crippen LogP contribution in [0.1, 0.15) is 28.5 Å². The number of hydrogen-bond donors (Lipinski definition) is 1. The molecule has 0 bridgehead atoms. The standard InChI is InChI=1S/C26H23NO5/c1-3-14-31-20-12-10-19(11-13-20)24(28)22-23(18-8-6-17(2)7-9-18)27(26(30)25(22)29)16-21-5-4-15-32-21/h3-13,15,23,28H,1,14,16H2,2H3/t23-/m1/s1. The molecule has 6 nitrogen and oxygen atoms in total. The minimum atomic E-state index is -0.739. The van der Waals surface area contributed by atoms with Crippen LogP contribution in [0.5, 0.6) is 5.75 Å². The first kappa shape index (κ1) is 21.2. The highest BCUT2D eigenvalue weighted by Crippen LogP contribution is 2.40. The summed E-state index contributed by atoms with van der Waals surface area (Å²) in [4.78, 5) is 27.4. The van der Waals surface area contributed by atoms with Crippen molar-refractivity contribution in [3.63, 3.8) is 0 Å². The second kappa shape index (κ2) is 8.98. The molecule has 1 amide bonds. The van der Waals surface area contributed by atoms with Gasteiger partial charge in [-0.2, -0.15) is 0 Å². The number of ether oxygens (including phenoxy) is 1. The summed E-state index contributed by atoms with van der Waals surface area (Å²) < 4.78 is 10.9. The van der Waals surface area contributed by atoms with Gasteiger partial charge in [0.15, 0.2) is 0 Å². The number of ketones is 1. The molecular formula is C26H23NO5. The van der Waals surface area contributed by atoms with Crippen LogP contribution in [0.25, 0.3) is 5.76 Å². The highest BCUT2D eigenvalue weighted by atomic mass is 16.5. The lowest BCUT2D eigenvalue weighted by molar-refractivity contribution is -0.140. The topological polar surface area (TPSA) is 80.0 Å². The van der Waals surface area contributed by atoms with Gasteiger partial charge in [0.25, 0.3) is 11.7 Å². The molecule has 4 rings (SSSR count). The Morgan fingerprint density at radius 1 is 1.12 bits per heavy atom. The zero-order valence-corrected chi connectivity index (χ0v) is 17.7. The molecule has 1 fully saturated rings. The van der Waals surface area contributed by atoms with Gasteiger partial charge in [-0.1, -0.05) is 42.5 Å². The van der Waals surface area contributed by atoms with Gasteiger partial charge in [0.05, 0.1) is 24.4 Å². The van der Waals surface area contributed by atoms with E-state index in [1.807, 2.05) is 31.2 Å². The van der Waals surface area contributed by atoms with Crippen molar-refractivity contribution in [1.29, 1.82) is 0 Å². The van der Waals surface area contributed by atoms with Gasteiger partial charge in [-0.05, 0) is 48.9 Å². The van der Waals surface area contributed by atoms with Crippen molar-refractivity contribution in [2.75, 3.05) is 6.61 Å². The lowest BCUT2D eigenvalue weighted by Gasteiger charge is -2.24. The third-order valence-electron chi connectivity index (χ3n) is 5.33. The predicted octanol–water partition coefficient (Wildman–Crippen LogP) is 4.77. The molecule has 32 heavy (non-hydrogen) atoms. The number of carbonyl (C=O) groups is 2. The Morgan fingerprint density at radius 2 is 1.84 bits per heavy atom. The molecule has 6 heteroatoms. The molecule has 3 aromatic rings. The largest absolute Gasteiger partial charge is 0.507 e. The zero-order chi connectivity index (χ0) is 22.7. The molecule has 1 N–H and O–H groups in total. The van der Waals surface area contributed by atoms with Crippen molar-refractivity contribution in [3.05, 3.63) is 108 Å². The van der Waals surface area contributed by atoms with Gasteiger partial charge < -0.3 is 19.2 Å². The fraction of sp³-hybridized carbons (Fsp3) is 0.154. The minimum absolute atomic E-state index is 0.0465. The molecule has 1 aliphatic heterocycles. The van der Waals surface area contributed by atoms with Gasteiger partial charge in [-0.15, -0.1) is 0 Å². The average Bonchev–Trinajstić information content (AvgIpc) is 3.41. The van der Waals surface area contributed by atoms with E-state index in [4.69, 9.17) is 9.15 Å². The summed E-state index contributed by atoms with van der Waals surface area (Å²) in [5.41, 5.74) is 2.25. The van der Waals surface area contributed by atoms with E-state index in [0.29, 0.717) is 23.7 Å². The van der Waals surface area contributed by atoms with Crippen LogP contribution >= 0.6 is 0 Å². The van der Waals surface area contributed by atoms with Crippen molar-refractivity contribution in [2.45, 2.75) is 19.5 Å². The molecule has 1 atom stereocenters. The molecular weight excluding hydrogens is 406 g/mol. The van der Waals surface area contributed by atoms with Gasteiger partial charge in [-0.3, -0.25) is 9.59 Å². The number of nitrogens with zero attached hydrogens (tertiary/aromatic N) is 1. The third-order valence-corrected chi connectivity index (χ3v) is 5.33. The second-order valence-electron chi connectivity index (χ2n) is 7.54. The van der Waals surface area contributed by atoms with E-state index in [1.165, 1.54) is 11.2 Å². The van der Waals surface area contributed by atoms with E-state index < -0.39 is 17.7 Å². The number of benzene rings is 2. The van der Waals surface area contributed by atoms with Crippen LogP contribution in [0, 0.1) is 6.92 Å². The fourth-order valence-corrected chi connectivity index (χ4v) is 3.73. The number of furan rings is 1. The number of carbonyl (C=O) groups excluding carboxylic acids is 2. The Morgan fingerprint density at radius 3 is 2.47 bits per heavy atom. The van der Waals surface area contributed by atoms with Crippen molar-refractivity contribution in [1.82, 2.24) is 4.90 Å². The van der Waals surface area contributed by atoms with Gasteiger partial charge in [0.2, 0.25) is 0 Å². The normalized spacial score (nSPS) is 17.5. The van der Waals surface area contributed by atoms with Crippen molar-refractivity contribution >= 4 is 17.4 Å². The summed E-state index contributed by atoms with van der Waals surface area (Å²) in [6.45, 7) is 6.04. The summed E-state index contributed by atoms with van der Waals surface area (Å²) in [5, 5.41) is 11.1. The van der Waals surface area contributed by atoms with Gasteiger partial charge in [0, 0.05) is 5.56 Å². The van der Waals surface area contributed by atoms with E-state index >= 15 is 0 Å². The molecule has 0 unspecified atom stereocenters. The number of hydrogen-bond acceptors (Lipinski definition) is 5. The van der Waals surface area contributed by atoms with E-state index in [-0.39, 0.29) is 17.9 Å². The Kier molecular flexibility index (Phi) is 5.94. The number of aliphatic hydroxyl groups excluding tert-OH is 1. The summed E-state index contributed by atoms with van der Waals surface area (Å²) in [6, 6.07) is 17.0. The maximum Gasteiger partial charge on any atom is 0.296 e. The first-order valence-electron chi connectivity index (χ1n) is 10.2. The lowest BCUT2D eigenvalue weighted by atomic mass is 9.94.